The summed E-state index contributed by atoms with van der Waals surface area (Å²) in [6, 6.07) is 16.2. The molecule has 3 amide bonds. The molecule has 1 aliphatic rings. The van der Waals surface area contributed by atoms with Crippen molar-refractivity contribution in [2.75, 3.05) is 10.2 Å². The maximum atomic E-state index is 13.7. The summed E-state index contributed by atoms with van der Waals surface area (Å²) < 4.78 is 18.9. The Kier molecular flexibility index (Phi) is 5.51. The molecule has 3 aromatic carbocycles. The molecule has 1 N–H and O–H groups in total. The van der Waals surface area contributed by atoms with Gasteiger partial charge in [-0.15, -0.1) is 0 Å². The third-order valence-electron chi connectivity index (χ3n) is 4.88. The number of rotatable bonds is 5. The summed E-state index contributed by atoms with van der Waals surface area (Å²) in [5.41, 5.74) is 1.38. The first-order valence-electron chi connectivity index (χ1n) is 9.66. The van der Waals surface area contributed by atoms with E-state index in [0.29, 0.717) is 11.4 Å². The topological polar surface area (TPSA) is 92.8 Å². The van der Waals surface area contributed by atoms with Gasteiger partial charge in [0.15, 0.2) is 0 Å². The fourth-order valence-electron chi connectivity index (χ4n) is 3.34. The molecule has 0 aliphatic carbocycles. The number of nitrogens with one attached hydrogen (secondary N) is 1. The van der Waals surface area contributed by atoms with E-state index in [0.717, 1.165) is 4.90 Å². The summed E-state index contributed by atoms with van der Waals surface area (Å²) in [7, 11) is 0. The predicted molar refractivity (Wildman–Crippen MR) is 114 cm³/mol. The molecule has 0 unspecified atom stereocenters. The lowest BCUT2D eigenvalue weighted by atomic mass is 10.1. The molecule has 7 nitrogen and oxygen atoms in total. The largest absolute Gasteiger partial charge is 0.457 e. The highest BCUT2D eigenvalue weighted by molar-refractivity contribution is 6.34. The molecular weight excluding hydrogens is 415 g/mol. The van der Waals surface area contributed by atoms with Gasteiger partial charge in [-0.25, -0.2) is 14.1 Å². The highest BCUT2D eigenvalue weighted by Crippen LogP contribution is 2.30. The Morgan fingerprint density at radius 2 is 1.62 bits per heavy atom. The molecule has 0 spiro atoms. The second-order valence-electron chi connectivity index (χ2n) is 7.10. The van der Waals surface area contributed by atoms with Gasteiger partial charge in [-0.2, -0.15) is 0 Å². The van der Waals surface area contributed by atoms with Gasteiger partial charge in [-0.05, 0) is 48.5 Å². The molecule has 0 saturated carbocycles. The van der Waals surface area contributed by atoms with Crippen LogP contribution in [0.4, 0.5) is 15.8 Å². The number of benzene rings is 3. The third kappa shape index (κ3) is 3.98. The van der Waals surface area contributed by atoms with E-state index in [4.69, 9.17) is 4.74 Å². The summed E-state index contributed by atoms with van der Waals surface area (Å²) in [6.45, 7) is 1.11. The van der Waals surface area contributed by atoms with Gasteiger partial charge in [0.05, 0.1) is 22.4 Å². The molecule has 8 heteroatoms. The van der Waals surface area contributed by atoms with Gasteiger partial charge < -0.3 is 10.1 Å². The normalized spacial score (nSPS) is 12.5. The lowest BCUT2D eigenvalue weighted by Gasteiger charge is -2.14. The highest BCUT2D eigenvalue weighted by Gasteiger charge is 2.37. The van der Waals surface area contributed by atoms with Crippen molar-refractivity contribution in [3.8, 4) is 0 Å². The van der Waals surface area contributed by atoms with E-state index in [1.54, 1.807) is 18.2 Å². The van der Waals surface area contributed by atoms with Crippen molar-refractivity contribution in [3.63, 3.8) is 0 Å². The minimum Gasteiger partial charge on any atom is -0.457 e. The van der Waals surface area contributed by atoms with Gasteiger partial charge in [0.25, 0.3) is 11.8 Å². The zero-order valence-corrected chi connectivity index (χ0v) is 16.9. The number of nitrogens with zero attached hydrogens (tertiary/aromatic N) is 1. The van der Waals surface area contributed by atoms with Crippen LogP contribution >= 0.6 is 0 Å². The molecule has 0 atom stereocenters. The maximum absolute atomic E-state index is 13.7. The molecule has 0 aromatic heterocycles. The monoisotopic (exact) mass is 432 g/mol. The van der Waals surface area contributed by atoms with E-state index in [-0.39, 0.29) is 34.8 Å². The summed E-state index contributed by atoms with van der Waals surface area (Å²) in [6.07, 6.45) is 0. The number of imide groups is 1. The van der Waals surface area contributed by atoms with Crippen molar-refractivity contribution in [2.45, 2.75) is 13.5 Å². The number of amides is 3. The fourth-order valence-corrected chi connectivity index (χ4v) is 3.34. The van der Waals surface area contributed by atoms with Gasteiger partial charge in [0, 0.05) is 18.2 Å². The molecule has 0 saturated heterocycles. The minimum absolute atomic E-state index is 0.0706. The number of esters is 1. The number of hydrogen-bond donors (Lipinski definition) is 1. The van der Waals surface area contributed by atoms with Crippen molar-refractivity contribution in [3.05, 3.63) is 94.8 Å². The lowest BCUT2D eigenvalue weighted by molar-refractivity contribution is -0.114. The van der Waals surface area contributed by atoms with Crippen LogP contribution in [0.1, 0.15) is 43.6 Å². The smallest absolute Gasteiger partial charge is 0.338 e. The minimum atomic E-state index is -0.741. The van der Waals surface area contributed by atoms with Crippen LogP contribution in [0.5, 0.6) is 0 Å². The zero-order chi connectivity index (χ0) is 22.8. The Bertz CT molecular complexity index is 1250. The zero-order valence-electron chi connectivity index (χ0n) is 16.9. The predicted octanol–water partition coefficient (Wildman–Crippen LogP) is 3.94. The van der Waals surface area contributed by atoms with E-state index in [9.17, 15) is 23.6 Å². The fraction of sp³-hybridized carbons (Fsp3) is 0.0833. The number of halogens is 1. The number of anilines is 2. The molecule has 4 rings (SSSR count). The average molecular weight is 432 g/mol. The van der Waals surface area contributed by atoms with E-state index < -0.39 is 23.6 Å². The van der Waals surface area contributed by atoms with Gasteiger partial charge in [-0.3, -0.25) is 14.4 Å². The Morgan fingerprint density at radius 3 is 2.31 bits per heavy atom. The van der Waals surface area contributed by atoms with Crippen molar-refractivity contribution >= 4 is 35.1 Å². The number of fused-ring (bicyclic) bond motifs is 1. The molecule has 0 bridgehead atoms. The van der Waals surface area contributed by atoms with E-state index in [1.807, 2.05) is 0 Å². The molecule has 1 heterocycles. The number of hydrogen-bond acceptors (Lipinski definition) is 5. The third-order valence-corrected chi connectivity index (χ3v) is 4.88. The SMILES string of the molecule is CC(=O)Nc1ccc(N2C(=O)c3ccc(C(=O)OCc4ccccc4F)cc3C2=O)cc1. The Balaban J connectivity index is 1.53. The van der Waals surface area contributed by atoms with Gasteiger partial charge in [-0.1, -0.05) is 18.2 Å². The van der Waals surface area contributed by atoms with Crippen molar-refractivity contribution in [1.82, 2.24) is 0 Å². The molecule has 3 aromatic rings. The summed E-state index contributed by atoms with van der Waals surface area (Å²) in [4.78, 5) is 50.2. The van der Waals surface area contributed by atoms with Crippen LogP contribution in [0, 0.1) is 5.82 Å². The second-order valence-corrected chi connectivity index (χ2v) is 7.10. The van der Waals surface area contributed by atoms with Crippen LogP contribution < -0.4 is 10.2 Å². The molecule has 32 heavy (non-hydrogen) atoms. The summed E-state index contributed by atoms with van der Waals surface area (Å²) >= 11 is 0. The summed E-state index contributed by atoms with van der Waals surface area (Å²) in [5, 5.41) is 2.61. The molecule has 160 valence electrons. The van der Waals surface area contributed by atoms with Crippen LogP contribution in [-0.2, 0) is 16.1 Å². The van der Waals surface area contributed by atoms with Crippen LogP contribution in [0.15, 0.2) is 66.7 Å². The first kappa shape index (κ1) is 20.9. The molecule has 0 radical (unpaired) electrons. The quantitative estimate of drug-likeness (QED) is 0.487. The van der Waals surface area contributed by atoms with Crippen molar-refractivity contribution in [1.29, 1.82) is 0 Å². The van der Waals surface area contributed by atoms with Gasteiger partial charge in [0.2, 0.25) is 5.91 Å². The van der Waals surface area contributed by atoms with Crippen LogP contribution in [0.25, 0.3) is 0 Å². The highest BCUT2D eigenvalue weighted by atomic mass is 19.1. The van der Waals surface area contributed by atoms with E-state index in [2.05, 4.69) is 5.32 Å². The second kappa shape index (κ2) is 8.43. The van der Waals surface area contributed by atoms with Gasteiger partial charge in [0.1, 0.15) is 12.4 Å². The number of carbonyl (C=O) groups is 4. The summed E-state index contributed by atoms with van der Waals surface area (Å²) in [5.74, 6) is -2.58. The first-order valence-corrected chi connectivity index (χ1v) is 9.66. The van der Waals surface area contributed by atoms with E-state index in [1.165, 1.54) is 55.5 Å². The van der Waals surface area contributed by atoms with Crippen molar-refractivity contribution < 1.29 is 28.3 Å². The molecular formula is C24H17FN2O5. The molecule has 1 aliphatic heterocycles. The van der Waals surface area contributed by atoms with Crippen molar-refractivity contribution in [2.24, 2.45) is 0 Å². The Morgan fingerprint density at radius 1 is 0.938 bits per heavy atom. The average Bonchev–Trinajstić information content (AvgIpc) is 3.03. The van der Waals surface area contributed by atoms with Crippen LogP contribution in [0.2, 0.25) is 0 Å². The maximum Gasteiger partial charge on any atom is 0.338 e. The first-order chi connectivity index (χ1) is 15.3. The van der Waals surface area contributed by atoms with E-state index >= 15 is 0 Å². The van der Waals surface area contributed by atoms with Crippen LogP contribution in [-0.4, -0.2) is 23.7 Å². The van der Waals surface area contributed by atoms with Gasteiger partial charge >= 0.3 is 5.97 Å². The number of carbonyl (C=O) groups excluding carboxylic acids is 4. The molecule has 0 fully saturated rings. The standard InChI is InChI=1S/C24H17FN2O5/c1-14(28)26-17-7-9-18(10-8-17)27-22(29)19-11-6-15(12-20(19)23(27)30)24(31)32-13-16-4-2-3-5-21(16)25/h2-12H,13H2,1H3,(H,26,28). The number of ether oxygens (including phenoxy) is 1. The Labute approximate surface area is 182 Å². The lowest BCUT2D eigenvalue weighted by Crippen LogP contribution is -2.29. The van der Waals surface area contributed by atoms with Crippen LogP contribution in [0.3, 0.4) is 0 Å². The Hall–Kier alpha value is -4.33.